The molecular weight excluding hydrogens is 268 g/mol. The van der Waals surface area contributed by atoms with Crippen molar-refractivity contribution in [2.75, 3.05) is 20.3 Å². The summed E-state index contributed by atoms with van der Waals surface area (Å²) in [5.41, 5.74) is 7.32. The van der Waals surface area contributed by atoms with Gasteiger partial charge in [0, 0.05) is 42.4 Å². The lowest BCUT2D eigenvalue weighted by molar-refractivity contribution is 0.125. The molecule has 0 aliphatic rings. The fraction of sp³-hybridized carbons (Fsp3) is 0.500. The molecule has 0 aliphatic carbocycles. The van der Waals surface area contributed by atoms with E-state index in [1.165, 1.54) is 20.5 Å². The zero-order chi connectivity index (χ0) is 14.5. The van der Waals surface area contributed by atoms with E-state index >= 15 is 0 Å². The predicted octanol–water partition coefficient (Wildman–Crippen LogP) is 3.22. The van der Waals surface area contributed by atoms with Crippen LogP contribution in [0.5, 0.6) is 0 Å². The molecule has 0 unspecified atom stereocenters. The third-order valence-corrected chi connectivity index (χ3v) is 4.88. The Hall–Kier alpha value is -0.940. The van der Waals surface area contributed by atoms with Crippen molar-refractivity contribution in [3.63, 3.8) is 0 Å². The number of fused-ring (bicyclic) bond motifs is 1. The number of hydrogen-bond acceptors (Lipinski definition) is 4. The molecule has 0 spiro atoms. The van der Waals surface area contributed by atoms with Gasteiger partial charge in [-0.15, -0.1) is 11.3 Å². The zero-order valence-corrected chi connectivity index (χ0v) is 13.4. The molecule has 3 nitrogen and oxygen atoms in total. The number of methoxy groups -OCH3 is 1. The van der Waals surface area contributed by atoms with Crippen molar-refractivity contribution in [1.82, 2.24) is 4.90 Å². The molecule has 1 aromatic carbocycles. The van der Waals surface area contributed by atoms with Crippen LogP contribution < -0.4 is 5.73 Å². The Balaban J connectivity index is 2.30. The van der Waals surface area contributed by atoms with Gasteiger partial charge in [0.15, 0.2) is 0 Å². The maximum Gasteiger partial charge on any atom is 0.0589 e. The van der Waals surface area contributed by atoms with Crippen LogP contribution in [0.15, 0.2) is 24.3 Å². The van der Waals surface area contributed by atoms with E-state index in [4.69, 9.17) is 10.5 Å². The molecule has 0 amide bonds. The molecule has 4 heteroatoms. The molecule has 20 heavy (non-hydrogen) atoms. The second-order valence-corrected chi connectivity index (χ2v) is 6.40. The molecule has 1 aromatic heterocycles. The molecule has 2 aromatic rings. The predicted molar refractivity (Wildman–Crippen MR) is 87.1 cm³/mol. The normalized spacial score (nSPS) is 11.9. The second-order valence-electron chi connectivity index (χ2n) is 5.26. The van der Waals surface area contributed by atoms with Gasteiger partial charge in [0.25, 0.3) is 0 Å². The van der Waals surface area contributed by atoms with E-state index in [1.54, 1.807) is 7.11 Å². The van der Waals surface area contributed by atoms with E-state index < -0.39 is 0 Å². The second kappa shape index (κ2) is 7.18. The molecule has 2 rings (SSSR count). The van der Waals surface area contributed by atoms with Crippen LogP contribution in [0.2, 0.25) is 0 Å². The van der Waals surface area contributed by atoms with Gasteiger partial charge < -0.3 is 10.5 Å². The van der Waals surface area contributed by atoms with Gasteiger partial charge in [-0.25, -0.2) is 0 Å². The lowest BCUT2D eigenvalue weighted by Crippen LogP contribution is -2.33. The van der Waals surface area contributed by atoms with Crippen molar-refractivity contribution >= 4 is 21.4 Å². The maximum absolute atomic E-state index is 5.93. The van der Waals surface area contributed by atoms with E-state index in [0.717, 1.165) is 19.7 Å². The highest BCUT2D eigenvalue weighted by Crippen LogP contribution is 2.32. The van der Waals surface area contributed by atoms with E-state index in [-0.39, 0.29) is 0 Å². The first-order chi connectivity index (χ1) is 9.67. The van der Waals surface area contributed by atoms with Gasteiger partial charge >= 0.3 is 0 Å². The van der Waals surface area contributed by atoms with Crippen molar-refractivity contribution in [1.29, 1.82) is 0 Å². The van der Waals surface area contributed by atoms with Gasteiger partial charge in [-0.05, 0) is 30.9 Å². The van der Waals surface area contributed by atoms with Crippen LogP contribution in [-0.2, 0) is 17.8 Å². The summed E-state index contributed by atoms with van der Waals surface area (Å²) in [6.07, 6.45) is 0. The lowest BCUT2D eigenvalue weighted by atomic mass is 10.1. The van der Waals surface area contributed by atoms with Crippen molar-refractivity contribution < 1.29 is 4.74 Å². The van der Waals surface area contributed by atoms with Crippen LogP contribution in [0.4, 0.5) is 0 Å². The summed E-state index contributed by atoms with van der Waals surface area (Å²) in [5.74, 6) is 0. The Bertz CT molecular complexity index is 550. The first kappa shape index (κ1) is 15.4. The Kier molecular flexibility index (Phi) is 5.54. The standard InChI is InChI=1S/C16H24N2OS/c1-12(2)18(8-9-19-3)11-14-13-6-4-5-7-15(13)20-16(14)10-17/h4-7,12H,8-11,17H2,1-3H3. The fourth-order valence-corrected chi connectivity index (χ4v) is 3.51. The molecule has 1 heterocycles. The van der Waals surface area contributed by atoms with Crippen LogP contribution in [0.1, 0.15) is 24.3 Å². The number of hydrogen-bond donors (Lipinski definition) is 1. The topological polar surface area (TPSA) is 38.5 Å². The lowest BCUT2D eigenvalue weighted by Gasteiger charge is -2.26. The minimum Gasteiger partial charge on any atom is -0.383 e. The van der Waals surface area contributed by atoms with Crippen molar-refractivity contribution in [3.8, 4) is 0 Å². The average molecular weight is 292 g/mol. The highest BCUT2D eigenvalue weighted by molar-refractivity contribution is 7.19. The Morgan fingerprint density at radius 3 is 2.70 bits per heavy atom. The number of rotatable bonds is 7. The van der Waals surface area contributed by atoms with E-state index in [9.17, 15) is 0 Å². The van der Waals surface area contributed by atoms with Crippen LogP contribution in [0, 0.1) is 0 Å². The number of benzene rings is 1. The largest absolute Gasteiger partial charge is 0.383 e. The van der Waals surface area contributed by atoms with Crippen molar-refractivity contribution in [3.05, 3.63) is 34.7 Å². The average Bonchev–Trinajstić information content (AvgIpc) is 2.81. The quantitative estimate of drug-likeness (QED) is 0.851. The SMILES string of the molecule is COCCN(Cc1c(CN)sc2ccccc12)C(C)C. The molecule has 2 N–H and O–H groups in total. The van der Waals surface area contributed by atoms with Gasteiger partial charge in [0.05, 0.1) is 6.61 Å². The van der Waals surface area contributed by atoms with Gasteiger partial charge in [-0.2, -0.15) is 0 Å². The molecule has 0 saturated carbocycles. The minimum atomic E-state index is 0.495. The molecule has 110 valence electrons. The summed E-state index contributed by atoms with van der Waals surface area (Å²) in [7, 11) is 1.75. The monoisotopic (exact) mass is 292 g/mol. The highest BCUT2D eigenvalue weighted by atomic mass is 32.1. The van der Waals surface area contributed by atoms with Crippen LogP contribution in [0.3, 0.4) is 0 Å². The summed E-state index contributed by atoms with van der Waals surface area (Å²) < 4.78 is 6.55. The molecule has 0 radical (unpaired) electrons. The summed E-state index contributed by atoms with van der Waals surface area (Å²) in [4.78, 5) is 3.74. The first-order valence-corrected chi connectivity index (χ1v) is 7.91. The molecule has 0 bridgehead atoms. The van der Waals surface area contributed by atoms with Crippen molar-refractivity contribution in [2.24, 2.45) is 5.73 Å². The van der Waals surface area contributed by atoms with Crippen molar-refractivity contribution in [2.45, 2.75) is 33.0 Å². The molecule has 0 fully saturated rings. The molecule has 0 aliphatic heterocycles. The minimum absolute atomic E-state index is 0.495. The van der Waals surface area contributed by atoms with E-state index in [0.29, 0.717) is 12.6 Å². The Labute approximate surface area is 125 Å². The highest BCUT2D eigenvalue weighted by Gasteiger charge is 2.16. The van der Waals surface area contributed by atoms with Crippen LogP contribution in [0.25, 0.3) is 10.1 Å². The van der Waals surface area contributed by atoms with E-state index in [1.807, 2.05) is 11.3 Å². The van der Waals surface area contributed by atoms with Gasteiger partial charge in [0.2, 0.25) is 0 Å². The van der Waals surface area contributed by atoms with Crippen LogP contribution in [-0.4, -0.2) is 31.2 Å². The summed E-state index contributed by atoms with van der Waals surface area (Å²) in [5, 5.41) is 1.35. The zero-order valence-electron chi connectivity index (χ0n) is 12.6. The number of ether oxygens (including phenoxy) is 1. The maximum atomic E-state index is 5.93. The third-order valence-electron chi connectivity index (χ3n) is 3.64. The Morgan fingerprint density at radius 2 is 2.05 bits per heavy atom. The number of thiophene rings is 1. The van der Waals surface area contributed by atoms with Crippen LogP contribution >= 0.6 is 11.3 Å². The summed E-state index contributed by atoms with van der Waals surface area (Å²) in [6.45, 7) is 7.72. The molecular formula is C16H24N2OS. The van der Waals surface area contributed by atoms with Gasteiger partial charge in [-0.1, -0.05) is 18.2 Å². The molecule has 0 saturated heterocycles. The first-order valence-electron chi connectivity index (χ1n) is 7.09. The summed E-state index contributed by atoms with van der Waals surface area (Å²) in [6, 6.07) is 9.07. The van der Waals surface area contributed by atoms with Gasteiger partial charge in [0.1, 0.15) is 0 Å². The number of nitrogens with zero attached hydrogens (tertiary/aromatic N) is 1. The third kappa shape index (κ3) is 3.38. The number of nitrogens with two attached hydrogens (primary N) is 1. The molecule has 0 atom stereocenters. The fourth-order valence-electron chi connectivity index (χ4n) is 2.42. The smallest absolute Gasteiger partial charge is 0.0589 e. The van der Waals surface area contributed by atoms with Gasteiger partial charge in [-0.3, -0.25) is 4.90 Å². The Morgan fingerprint density at radius 1 is 1.30 bits per heavy atom. The summed E-state index contributed by atoms with van der Waals surface area (Å²) >= 11 is 1.82. The van der Waals surface area contributed by atoms with E-state index in [2.05, 4.69) is 43.0 Å².